The zero-order valence-electron chi connectivity index (χ0n) is 17.9. The highest BCUT2D eigenvalue weighted by molar-refractivity contribution is 6.01. The molecule has 0 radical (unpaired) electrons. The summed E-state index contributed by atoms with van der Waals surface area (Å²) in [5.41, 5.74) is -6.28. The summed E-state index contributed by atoms with van der Waals surface area (Å²) in [6.45, 7) is 3.69. The van der Waals surface area contributed by atoms with E-state index in [1.165, 1.54) is 18.2 Å². The van der Waals surface area contributed by atoms with Crippen LogP contribution in [0.1, 0.15) is 46.5 Å². The predicted molar refractivity (Wildman–Crippen MR) is 106 cm³/mol. The number of esters is 1. The van der Waals surface area contributed by atoms with E-state index in [1.54, 1.807) is 13.8 Å². The Morgan fingerprint density at radius 3 is 2.55 bits per heavy atom. The first-order valence-corrected chi connectivity index (χ1v) is 10.7. The number of alkyl halides is 1. The zero-order valence-corrected chi connectivity index (χ0v) is 17.9. The highest BCUT2D eigenvalue weighted by atomic mass is 19.1. The van der Waals surface area contributed by atoms with Crippen LogP contribution in [0.4, 0.5) is 4.39 Å². The fraction of sp³-hybridized carbons (Fsp3) is 0.696. The van der Waals surface area contributed by atoms with Crippen molar-refractivity contribution in [1.29, 1.82) is 0 Å². The molecule has 0 saturated heterocycles. The summed E-state index contributed by atoms with van der Waals surface area (Å²) in [6.07, 6.45) is 1.74. The zero-order chi connectivity index (χ0) is 23.0. The van der Waals surface area contributed by atoms with Crippen molar-refractivity contribution in [3.8, 4) is 0 Å². The molecular formula is C23H29FO7. The maximum Gasteiger partial charge on any atom is 0.303 e. The highest BCUT2D eigenvalue weighted by Crippen LogP contribution is 2.69. The molecule has 0 aromatic carbocycles. The first-order chi connectivity index (χ1) is 14.3. The Bertz CT molecular complexity index is 912. The van der Waals surface area contributed by atoms with Gasteiger partial charge < -0.3 is 20.1 Å². The lowest BCUT2D eigenvalue weighted by atomic mass is 9.44. The second kappa shape index (κ2) is 6.80. The molecule has 4 aliphatic carbocycles. The number of halogens is 1. The van der Waals surface area contributed by atoms with Crippen molar-refractivity contribution in [3.63, 3.8) is 0 Å². The number of hydrogen-bond acceptors (Lipinski definition) is 7. The highest BCUT2D eigenvalue weighted by Gasteiger charge is 2.76. The molecule has 0 heterocycles. The van der Waals surface area contributed by atoms with E-state index in [4.69, 9.17) is 4.74 Å². The fourth-order valence-electron chi connectivity index (χ4n) is 7.01. The van der Waals surface area contributed by atoms with Crippen LogP contribution in [0.2, 0.25) is 0 Å². The normalized spacial score (nSPS) is 48.4. The van der Waals surface area contributed by atoms with Gasteiger partial charge in [-0.25, -0.2) is 4.39 Å². The lowest BCUT2D eigenvalue weighted by Gasteiger charge is -2.62. The molecule has 4 rings (SSSR count). The second-order valence-electron chi connectivity index (χ2n) is 9.99. The minimum absolute atomic E-state index is 0.0142. The minimum Gasteiger partial charge on any atom is -0.458 e. The van der Waals surface area contributed by atoms with Crippen molar-refractivity contribution < 1.29 is 38.8 Å². The third-order valence-electron chi connectivity index (χ3n) is 8.69. The molecule has 8 atom stereocenters. The monoisotopic (exact) mass is 436 g/mol. The third-order valence-corrected chi connectivity index (χ3v) is 8.69. The SMILES string of the molecule is CC(=O)OCC(=O)[C@@]1(O)[C@H](O)C[C@H]2[C@@H]3CCC4=CC(=O)C=C[C@]4(C)[C@@]3(F)[C@@H](O)C[C@@]21C. The summed E-state index contributed by atoms with van der Waals surface area (Å²) in [6, 6.07) is 0. The van der Waals surface area contributed by atoms with E-state index in [1.807, 2.05) is 0 Å². The quantitative estimate of drug-likeness (QED) is 0.568. The van der Waals surface area contributed by atoms with Gasteiger partial charge in [0.1, 0.15) is 0 Å². The lowest BCUT2D eigenvalue weighted by molar-refractivity contribution is -0.222. The van der Waals surface area contributed by atoms with Gasteiger partial charge in [0.2, 0.25) is 5.78 Å². The average molecular weight is 436 g/mol. The van der Waals surface area contributed by atoms with Crippen LogP contribution >= 0.6 is 0 Å². The molecule has 4 aliphatic rings. The maximum absolute atomic E-state index is 16.9. The Morgan fingerprint density at radius 1 is 1.23 bits per heavy atom. The van der Waals surface area contributed by atoms with Gasteiger partial charge in [-0.2, -0.15) is 0 Å². The predicted octanol–water partition coefficient (Wildman–Crippen LogP) is 1.19. The standard InChI is InChI=1S/C23H29FO7/c1-12(25)31-11-19(29)23(30)17(27)9-16-15-5-4-13-8-14(26)6-7-20(13,2)22(15,24)18(28)10-21(16,23)3/h6-8,15-18,27-28,30H,4-5,9-11H2,1-3H3/t15-,16-,17+,18-,20-,21-,22-,23-/m0/s1. The molecule has 7 nitrogen and oxygen atoms in total. The molecule has 3 fully saturated rings. The number of carbonyl (C=O) groups excluding carboxylic acids is 3. The maximum atomic E-state index is 16.9. The summed E-state index contributed by atoms with van der Waals surface area (Å²) < 4.78 is 21.7. The van der Waals surface area contributed by atoms with Crippen molar-refractivity contribution in [2.45, 2.75) is 69.9 Å². The van der Waals surface area contributed by atoms with Crippen LogP contribution in [-0.4, -0.2) is 62.9 Å². The number of carbonyl (C=O) groups is 3. The van der Waals surface area contributed by atoms with E-state index < -0.39 is 64.5 Å². The summed E-state index contributed by atoms with van der Waals surface area (Å²) in [7, 11) is 0. The molecule has 8 heteroatoms. The molecule has 3 N–H and O–H groups in total. The summed E-state index contributed by atoms with van der Waals surface area (Å²) in [5, 5.41) is 33.4. The Hall–Kier alpha value is -1.90. The molecular weight excluding hydrogens is 407 g/mol. The number of fused-ring (bicyclic) bond motifs is 5. The molecule has 0 bridgehead atoms. The number of allylic oxidation sites excluding steroid dienone is 4. The number of rotatable bonds is 3. The number of aliphatic hydroxyl groups is 3. The van der Waals surface area contributed by atoms with Gasteiger partial charge >= 0.3 is 5.97 Å². The van der Waals surface area contributed by atoms with E-state index >= 15 is 4.39 Å². The average Bonchev–Trinajstić information content (AvgIpc) is 2.89. The van der Waals surface area contributed by atoms with E-state index in [0.29, 0.717) is 18.4 Å². The number of hydrogen-bond donors (Lipinski definition) is 3. The number of ketones is 2. The topological polar surface area (TPSA) is 121 Å². The van der Waals surface area contributed by atoms with E-state index in [0.717, 1.165) is 6.92 Å². The Morgan fingerprint density at radius 2 is 1.90 bits per heavy atom. The molecule has 31 heavy (non-hydrogen) atoms. The smallest absolute Gasteiger partial charge is 0.303 e. The molecule has 0 spiro atoms. The first-order valence-electron chi connectivity index (χ1n) is 10.7. The van der Waals surface area contributed by atoms with Crippen molar-refractivity contribution in [3.05, 3.63) is 23.8 Å². The molecule has 0 amide bonds. The molecule has 170 valence electrons. The van der Waals surface area contributed by atoms with Gasteiger partial charge in [0.05, 0.1) is 12.2 Å². The van der Waals surface area contributed by atoms with Gasteiger partial charge in [-0.05, 0) is 50.7 Å². The van der Waals surface area contributed by atoms with Crippen molar-refractivity contribution in [2.24, 2.45) is 22.7 Å². The summed E-state index contributed by atoms with van der Waals surface area (Å²) in [4.78, 5) is 35.9. The van der Waals surface area contributed by atoms with Gasteiger partial charge in [0.25, 0.3) is 0 Å². The van der Waals surface area contributed by atoms with Gasteiger partial charge in [-0.3, -0.25) is 14.4 Å². The van der Waals surface area contributed by atoms with Crippen LogP contribution in [-0.2, 0) is 19.1 Å². The summed E-state index contributed by atoms with van der Waals surface area (Å²) in [5.74, 6) is -3.11. The van der Waals surface area contributed by atoms with Crippen LogP contribution in [0.5, 0.6) is 0 Å². The van der Waals surface area contributed by atoms with Crippen LogP contribution in [0.3, 0.4) is 0 Å². The molecule has 0 aliphatic heterocycles. The molecule has 0 aromatic heterocycles. The molecule has 3 saturated carbocycles. The Kier molecular flexibility index (Phi) is 4.89. The van der Waals surface area contributed by atoms with E-state index in [-0.39, 0.29) is 18.6 Å². The molecule has 0 aromatic rings. The minimum atomic E-state index is -2.27. The summed E-state index contributed by atoms with van der Waals surface area (Å²) >= 11 is 0. The van der Waals surface area contributed by atoms with Gasteiger partial charge in [-0.1, -0.05) is 18.6 Å². The second-order valence-corrected chi connectivity index (χ2v) is 9.99. The van der Waals surface area contributed by atoms with Crippen LogP contribution in [0.25, 0.3) is 0 Å². The molecule has 0 unspecified atom stereocenters. The van der Waals surface area contributed by atoms with Gasteiger partial charge in [0, 0.05) is 23.7 Å². The number of aliphatic hydroxyl groups excluding tert-OH is 2. The van der Waals surface area contributed by atoms with Gasteiger partial charge in [-0.15, -0.1) is 0 Å². The van der Waals surface area contributed by atoms with Gasteiger partial charge in [0.15, 0.2) is 23.7 Å². The van der Waals surface area contributed by atoms with Crippen molar-refractivity contribution in [2.75, 3.05) is 6.61 Å². The van der Waals surface area contributed by atoms with Crippen LogP contribution < -0.4 is 0 Å². The fourth-order valence-corrected chi connectivity index (χ4v) is 7.01. The first kappa shape index (κ1) is 22.3. The van der Waals surface area contributed by atoms with E-state index in [9.17, 15) is 29.7 Å². The van der Waals surface area contributed by atoms with E-state index in [2.05, 4.69) is 0 Å². The van der Waals surface area contributed by atoms with Crippen LogP contribution in [0.15, 0.2) is 23.8 Å². The van der Waals surface area contributed by atoms with Crippen LogP contribution in [0, 0.1) is 22.7 Å². The lowest BCUT2D eigenvalue weighted by Crippen LogP contribution is -2.69. The van der Waals surface area contributed by atoms with Crippen molar-refractivity contribution in [1.82, 2.24) is 0 Å². The number of ether oxygens (including phenoxy) is 1. The largest absolute Gasteiger partial charge is 0.458 e. The Balaban J connectivity index is 1.76. The Labute approximate surface area is 180 Å². The number of Topliss-reactive ketones (excluding diaryl/α,β-unsaturated/α-hetero) is 1. The van der Waals surface area contributed by atoms with Crippen molar-refractivity contribution >= 4 is 17.5 Å². The third kappa shape index (κ3) is 2.64.